The van der Waals surface area contributed by atoms with Gasteiger partial charge in [0, 0.05) is 29.6 Å². The van der Waals surface area contributed by atoms with E-state index in [4.69, 9.17) is 4.74 Å². The molecule has 0 fully saturated rings. The fourth-order valence-corrected chi connectivity index (χ4v) is 4.25. The van der Waals surface area contributed by atoms with Gasteiger partial charge in [0.15, 0.2) is 0 Å². The van der Waals surface area contributed by atoms with Gasteiger partial charge in [-0.3, -0.25) is 0 Å². The summed E-state index contributed by atoms with van der Waals surface area (Å²) < 4.78 is 71.7. The molecule has 8 nitrogen and oxygen atoms in total. The van der Waals surface area contributed by atoms with Gasteiger partial charge >= 0.3 is 0 Å². The fourth-order valence-electron chi connectivity index (χ4n) is 3.14. The monoisotopic (exact) mass is 403 g/mol. The van der Waals surface area contributed by atoms with E-state index >= 15 is 0 Å². The maximum absolute atomic E-state index is 11.3. The maximum Gasteiger partial charge on any atom is 0.120 e. The van der Waals surface area contributed by atoms with Crippen molar-refractivity contribution < 1.29 is 30.7 Å². The molecule has 0 unspecified atom stereocenters. The van der Waals surface area contributed by atoms with Crippen LogP contribution in [0.5, 0.6) is 5.75 Å². The summed E-state index contributed by atoms with van der Waals surface area (Å²) in [6.45, 7) is 3.90. The van der Waals surface area contributed by atoms with Crippen LogP contribution in [0, 0.1) is 0 Å². The SMILES string of the molecule is COc1ccc2c(c1)N(CCCS(=O)(=O)[O-])C(C)(C)C=C2CS(=O)(=O)[O-]. The summed E-state index contributed by atoms with van der Waals surface area (Å²) in [4.78, 5) is 1.87. The molecule has 0 atom stereocenters. The molecule has 0 saturated carbocycles. The minimum Gasteiger partial charge on any atom is -0.748 e. The van der Waals surface area contributed by atoms with Crippen molar-refractivity contribution in [2.75, 3.05) is 30.1 Å². The van der Waals surface area contributed by atoms with Gasteiger partial charge in [0.25, 0.3) is 0 Å². The topological polar surface area (TPSA) is 127 Å². The summed E-state index contributed by atoms with van der Waals surface area (Å²) in [5.74, 6) is -0.602. The predicted octanol–water partition coefficient (Wildman–Crippen LogP) is 1.16. The molecule has 1 aromatic carbocycles. The fraction of sp³-hybridized carbons (Fsp3) is 0.500. The molecule has 10 heteroatoms. The highest BCUT2D eigenvalue weighted by molar-refractivity contribution is 7.86. The number of ether oxygens (including phenoxy) is 1. The first-order valence-electron chi connectivity index (χ1n) is 7.87. The van der Waals surface area contributed by atoms with Gasteiger partial charge in [0.1, 0.15) is 5.75 Å². The molecule has 1 heterocycles. The summed E-state index contributed by atoms with van der Waals surface area (Å²) in [5.41, 5.74) is 0.884. The third-order valence-electron chi connectivity index (χ3n) is 4.17. The first-order valence-corrected chi connectivity index (χ1v) is 11.0. The Kier molecular flexibility index (Phi) is 5.71. The molecule has 1 aromatic rings. The zero-order valence-electron chi connectivity index (χ0n) is 14.8. The van der Waals surface area contributed by atoms with Crippen LogP contribution < -0.4 is 9.64 Å². The smallest absolute Gasteiger partial charge is 0.120 e. The van der Waals surface area contributed by atoms with E-state index in [0.29, 0.717) is 22.6 Å². The second kappa shape index (κ2) is 7.18. The van der Waals surface area contributed by atoms with E-state index < -0.39 is 37.3 Å². The third kappa shape index (κ3) is 5.19. The molecule has 1 aliphatic heterocycles. The molecule has 146 valence electrons. The van der Waals surface area contributed by atoms with Crippen molar-refractivity contribution in [2.24, 2.45) is 0 Å². The lowest BCUT2D eigenvalue weighted by Gasteiger charge is -2.44. The molecule has 0 saturated heterocycles. The van der Waals surface area contributed by atoms with E-state index in [1.807, 2.05) is 18.7 Å². The van der Waals surface area contributed by atoms with Crippen molar-refractivity contribution in [3.63, 3.8) is 0 Å². The van der Waals surface area contributed by atoms with Gasteiger partial charge in [-0.2, -0.15) is 0 Å². The second-order valence-corrected chi connectivity index (χ2v) is 9.60. The van der Waals surface area contributed by atoms with Crippen molar-refractivity contribution in [1.29, 1.82) is 0 Å². The second-order valence-electron chi connectivity index (χ2n) is 6.68. The molecular weight excluding hydrogens is 382 g/mol. The number of fused-ring (bicyclic) bond motifs is 1. The minimum atomic E-state index is -4.47. The summed E-state index contributed by atoms with van der Waals surface area (Å²) in [7, 11) is -7.31. The number of hydrogen-bond acceptors (Lipinski definition) is 8. The van der Waals surface area contributed by atoms with E-state index in [1.54, 1.807) is 24.3 Å². The zero-order chi connectivity index (χ0) is 19.8. The standard InChI is InChI=1S/C16H23NO7S2/c1-16(2)10-12(11-26(21,22)23)14-6-5-13(24-3)9-15(14)17(16)7-4-8-25(18,19)20/h5-6,9-10H,4,7-8,11H2,1-3H3,(H,18,19,20)(H,21,22,23)/p-2. The van der Waals surface area contributed by atoms with Crippen LogP contribution in [0.4, 0.5) is 5.69 Å². The normalized spacial score (nSPS) is 16.8. The van der Waals surface area contributed by atoms with Crippen molar-refractivity contribution >= 4 is 31.5 Å². The molecule has 0 N–H and O–H groups in total. The maximum atomic E-state index is 11.3. The molecular formula is C16H21NO7S2-2. The minimum absolute atomic E-state index is 0.120. The van der Waals surface area contributed by atoms with Crippen LogP contribution in [0.25, 0.3) is 5.57 Å². The molecule has 0 amide bonds. The van der Waals surface area contributed by atoms with Crippen molar-refractivity contribution in [2.45, 2.75) is 25.8 Å². The number of methoxy groups -OCH3 is 1. The van der Waals surface area contributed by atoms with Gasteiger partial charge in [-0.1, -0.05) is 6.08 Å². The number of nitrogens with zero attached hydrogens (tertiary/aromatic N) is 1. The van der Waals surface area contributed by atoms with Crippen LogP contribution in [0.1, 0.15) is 25.8 Å². The highest BCUT2D eigenvalue weighted by Gasteiger charge is 2.33. The lowest BCUT2D eigenvalue weighted by Crippen LogP contribution is -2.46. The van der Waals surface area contributed by atoms with Crippen LogP contribution in [0.2, 0.25) is 0 Å². The van der Waals surface area contributed by atoms with E-state index in [2.05, 4.69) is 0 Å². The van der Waals surface area contributed by atoms with Gasteiger partial charge in [-0.05, 0) is 38.0 Å². The van der Waals surface area contributed by atoms with Gasteiger partial charge < -0.3 is 18.7 Å². The van der Waals surface area contributed by atoms with Gasteiger partial charge in [0.05, 0.1) is 38.6 Å². The van der Waals surface area contributed by atoms with Crippen LogP contribution in [0.15, 0.2) is 24.3 Å². The van der Waals surface area contributed by atoms with Crippen LogP contribution in [-0.2, 0) is 20.2 Å². The first kappa shape index (κ1) is 20.7. The number of anilines is 1. The van der Waals surface area contributed by atoms with Crippen LogP contribution >= 0.6 is 0 Å². The Balaban J connectivity index is 2.47. The average Bonchev–Trinajstić information content (AvgIpc) is 2.46. The lowest BCUT2D eigenvalue weighted by molar-refractivity contribution is 0.414. The third-order valence-corrected chi connectivity index (χ3v) is 5.63. The Morgan fingerprint density at radius 1 is 1.12 bits per heavy atom. The predicted molar refractivity (Wildman–Crippen MR) is 96.1 cm³/mol. The molecule has 0 aromatic heterocycles. The van der Waals surface area contributed by atoms with Gasteiger partial charge in [-0.25, -0.2) is 16.8 Å². The first-order chi connectivity index (χ1) is 11.8. The van der Waals surface area contributed by atoms with E-state index in [0.717, 1.165) is 0 Å². The molecule has 26 heavy (non-hydrogen) atoms. The number of hydrogen-bond donors (Lipinski definition) is 0. The molecule has 0 spiro atoms. The van der Waals surface area contributed by atoms with Gasteiger partial charge in [0.2, 0.25) is 0 Å². The lowest BCUT2D eigenvalue weighted by atomic mass is 9.88. The molecule has 1 aliphatic rings. The average molecular weight is 403 g/mol. The number of rotatable bonds is 7. The molecule has 0 aliphatic carbocycles. The van der Waals surface area contributed by atoms with Crippen molar-refractivity contribution in [3.05, 3.63) is 29.8 Å². The Labute approximate surface area is 154 Å². The highest BCUT2D eigenvalue weighted by atomic mass is 32.2. The summed E-state index contributed by atoms with van der Waals surface area (Å²) in [6, 6.07) is 5.02. The molecule has 0 bridgehead atoms. The summed E-state index contributed by atoms with van der Waals surface area (Å²) in [5, 5.41) is 0. The Bertz CT molecular complexity index is 918. The molecule has 0 radical (unpaired) electrons. The van der Waals surface area contributed by atoms with Gasteiger partial charge in [-0.15, -0.1) is 0 Å². The van der Waals surface area contributed by atoms with Crippen LogP contribution in [0.3, 0.4) is 0 Å². The number of benzene rings is 1. The zero-order valence-corrected chi connectivity index (χ0v) is 16.4. The molecule has 2 rings (SSSR count). The van der Waals surface area contributed by atoms with E-state index in [9.17, 15) is 25.9 Å². The summed E-state index contributed by atoms with van der Waals surface area (Å²) >= 11 is 0. The Morgan fingerprint density at radius 3 is 2.31 bits per heavy atom. The van der Waals surface area contributed by atoms with E-state index in [1.165, 1.54) is 7.11 Å². The largest absolute Gasteiger partial charge is 0.748 e. The van der Waals surface area contributed by atoms with Crippen LogP contribution in [-0.4, -0.2) is 56.6 Å². The van der Waals surface area contributed by atoms with Crippen molar-refractivity contribution in [1.82, 2.24) is 0 Å². The Hall–Kier alpha value is -1.62. The summed E-state index contributed by atoms with van der Waals surface area (Å²) in [6.07, 6.45) is 1.80. The quantitative estimate of drug-likeness (QED) is 0.621. The van der Waals surface area contributed by atoms with E-state index in [-0.39, 0.29) is 13.0 Å². The van der Waals surface area contributed by atoms with Crippen molar-refractivity contribution in [3.8, 4) is 5.75 Å². The Morgan fingerprint density at radius 2 is 1.77 bits per heavy atom. The highest BCUT2D eigenvalue weighted by Crippen LogP contribution is 2.41.